The number of rotatable bonds is 4. The van der Waals surface area contributed by atoms with Crippen LogP contribution in [-0.4, -0.2) is 52.9 Å². The van der Waals surface area contributed by atoms with Crippen molar-refractivity contribution < 1.29 is 4.79 Å². The van der Waals surface area contributed by atoms with Gasteiger partial charge in [-0.3, -0.25) is 14.7 Å². The number of halogens is 1. The molecule has 2 heterocycles. The number of hydrogen-bond acceptors (Lipinski definition) is 4. The fourth-order valence-electron chi connectivity index (χ4n) is 2.37. The summed E-state index contributed by atoms with van der Waals surface area (Å²) < 4.78 is 0. The molecule has 0 bridgehead atoms. The summed E-state index contributed by atoms with van der Waals surface area (Å²) in [5.74, 6) is 0.279. The Morgan fingerprint density at radius 3 is 2.33 bits per heavy atom. The van der Waals surface area contributed by atoms with Gasteiger partial charge in [0.25, 0.3) is 0 Å². The predicted molar refractivity (Wildman–Crippen MR) is 86.2 cm³/mol. The lowest BCUT2D eigenvalue weighted by Gasteiger charge is -2.36. The molecule has 1 amide bonds. The van der Waals surface area contributed by atoms with Crippen LogP contribution in [0.25, 0.3) is 0 Å². The largest absolute Gasteiger partial charge is 0.339 e. The van der Waals surface area contributed by atoms with Crippen molar-refractivity contribution in [1.29, 1.82) is 0 Å². The van der Waals surface area contributed by atoms with Crippen LogP contribution in [0.5, 0.6) is 0 Å². The van der Waals surface area contributed by atoms with Gasteiger partial charge in [0, 0.05) is 45.1 Å². The lowest BCUT2D eigenvalue weighted by Crippen LogP contribution is -2.54. The first-order valence-corrected chi connectivity index (χ1v) is 7.23. The summed E-state index contributed by atoms with van der Waals surface area (Å²) in [5, 5.41) is 0. The molecule has 0 spiro atoms. The van der Waals surface area contributed by atoms with Crippen molar-refractivity contribution in [1.82, 2.24) is 14.8 Å². The van der Waals surface area contributed by atoms with Gasteiger partial charge in [-0.2, -0.15) is 0 Å². The number of piperazine rings is 1. The van der Waals surface area contributed by atoms with E-state index in [1.807, 2.05) is 43.3 Å². The summed E-state index contributed by atoms with van der Waals surface area (Å²) in [6, 6.07) is 3.69. The second-order valence-corrected chi connectivity index (χ2v) is 5.73. The van der Waals surface area contributed by atoms with Gasteiger partial charge in [0.05, 0.1) is 6.04 Å². The fourth-order valence-corrected chi connectivity index (χ4v) is 2.37. The Bertz CT molecular complexity index is 433. The summed E-state index contributed by atoms with van der Waals surface area (Å²) >= 11 is 0. The third-order valence-corrected chi connectivity index (χ3v) is 3.84. The van der Waals surface area contributed by atoms with Crippen molar-refractivity contribution in [3.8, 4) is 0 Å². The van der Waals surface area contributed by atoms with Crippen LogP contribution in [-0.2, 0) is 11.3 Å². The Morgan fingerprint density at radius 2 is 1.81 bits per heavy atom. The molecule has 0 radical (unpaired) electrons. The zero-order valence-electron chi connectivity index (χ0n) is 12.7. The topological polar surface area (TPSA) is 62.5 Å². The molecular weight excluding hydrogens is 288 g/mol. The number of aromatic nitrogens is 1. The van der Waals surface area contributed by atoms with Crippen molar-refractivity contribution in [2.45, 2.75) is 26.4 Å². The first-order chi connectivity index (χ1) is 9.58. The highest BCUT2D eigenvalue weighted by Crippen LogP contribution is 2.10. The van der Waals surface area contributed by atoms with Crippen LogP contribution in [0.4, 0.5) is 0 Å². The zero-order chi connectivity index (χ0) is 14.5. The van der Waals surface area contributed by atoms with Gasteiger partial charge >= 0.3 is 0 Å². The minimum absolute atomic E-state index is 0. The Labute approximate surface area is 132 Å². The van der Waals surface area contributed by atoms with E-state index in [0.29, 0.717) is 0 Å². The Morgan fingerprint density at radius 1 is 1.24 bits per heavy atom. The van der Waals surface area contributed by atoms with Gasteiger partial charge < -0.3 is 10.6 Å². The molecule has 2 N–H and O–H groups in total. The molecule has 118 valence electrons. The van der Waals surface area contributed by atoms with Crippen molar-refractivity contribution in [3.63, 3.8) is 0 Å². The Balaban J connectivity index is 0.00000220. The number of carbonyl (C=O) groups excluding carboxylic acids is 1. The molecule has 6 heteroatoms. The number of carbonyl (C=O) groups is 1. The second kappa shape index (κ2) is 8.32. The quantitative estimate of drug-likeness (QED) is 0.905. The molecular formula is C15H25ClN4O. The maximum absolute atomic E-state index is 12.2. The number of nitrogens with two attached hydrogens (primary N) is 1. The van der Waals surface area contributed by atoms with E-state index in [1.54, 1.807) is 0 Å². The molecule has 1 aliphatic heterocycles. The number of nitrogens with zero attached hydrogens (tertiary/aromatic N) is 3. The molecule has 1 saturated heterocycles. The highest BCUT2D eigenvalue weighted by Gasteiger charge is 2.26. The Kier molecular flexibility index (Phi) is 7.08. The maximum Gasteiger partial charge on any atom is 0.239 e. The lowest BCUT2D eigenvalue weighted by molar-refractivity contribution is -0.135. The molecule has 21 heavy (non-hydrogen) atoms. The van der Waals surface area contributed by atoms with E-state index < -0.39 is 0 Å². The number of amides is 1. The van der Waals surface area contributed by atoms with Gasteiger partial charge in [0.2, 0.25) is 5.91 Å². The standard InChI is InChI=1S/C15H24N4O.ClH/c1-12(2)14(16)15(20)19-9-7-18(8-10-19)11-13-3-5-17-6-4-13;/h3-6,12,14H,7-11,16H2,1-2H3;1H/t14-;/m1./s1. The highest BCUT2D eigenvalue weighted by atomic mass is 35.5. The van der Waals surface area contributed by atoms with Gasteiger partial charge in [-0.15, -0.1) is 12.4 Å². The smallest absolute Gasteiger partial charge is 0.239 e. The second-order valence-electron chi connectivity index (χ2n) is 5.73. The molecule has 1 aromatic heterocycles. The molecule has 0 aromatic carbocycles. The molecule has 2 rings (SSSR count). The molecule has 0 unspecified atom stereocenters. The first-order valence-electron chi connectivity index (χ1n) is 7.23. The summed E-state index contributed by atoms with van der Waals surface area (Å²) in [6.07, 6.45) is 3.63. The SMILES string of the molecule is CC(C)[C@@H](N)C(=O)N1CCN(Cc2ccncc2)CC1.Cl. The molecule has 0 saturated carbocycles. The van der Waals surface area contributed by atoms with Gasteiger partial charge in [0.15, 0.2) is 0 Å². The highest BCUT2D eigenvalue weighted by molar-refractivity contribution is 5.85. The van der Waals surface area contributed by atoms with Gasteiger partial charge in [0.1, 0.15) is 0 Å². The van der Waals surface area contributed by atoms with E-state index in [9.17, 15) is 4.79 Å². The minimum atomic E-state index is -0.373. The number of pyridine rings is 1. The average molecular weight is 313 g/mol. The third kappa shape index (κ3) is 4.95. The van der Waals surface area contributed by atoms with E-state index in [0.717, 1.165) is 32.7 Å². The molecule has 1 aliphatic rings. The summed E-state index contributed by atoms with van der Waals surface area (Å²) in [6.45, 7) is 8.23. The third-order valence-electron chi connectivity index (χ3n) is 3.84. The van der Waals surface area contributed by atoms with Crippen LogP contribution in [0.2, 0.25) is 0 Å². The normalized spacial score (nSPS) is 17.4. The van der Waals surface area contributed by atoms with Gasteiger partial charge in [-0.05, 0) is 23.6 Å². The maximum atomic E-state index is 12.2. The van der Waals surface area contributed by atoms with E-state index in [4.69, 9.17) is 5.73 Å². The summed E-state index contributed by atoms with van der Waals surface area (Å²) in [5.41, 5.74) is 7.20. The lowest BCUT2D eigenvalue weighted by atomic mass is 10.0. The summed E-state index contributed by atoms with van der Waals surface area (Å²) in [7, 11) is 0. The monoisotopic (exact) mass is 312 g/mol. The minimum Gasteiger partial charge on any atom is -0.339 e. The van der Waals surface area contributed by atoms with Gasteiger partial charge in [-0.25, -0.2) is 0 Å². The fraction of sp³-hybridized carbons (Fsp3) is 0.600. The average Bonchev–Trinajstić information content (AvgIpc) is 2.47. The van der Waals surface area contributed by atoms with E-state index >= 15 is 0 Å². The van der Waals surface area contributed by atoms with E-state index in [1.165, 1.54) is 5.56 Å². The van der Waals surface area contributed by atoms with Gasteiger partial charge in [-0.1, -0.05) is 13.8 Å². The van der Waals surface area contributed by atoms with Crippen molar-refractivity contribution in [2.24, 2.45) is 11.7 Å². The molecule has 0 aliphatic carbocycles. The van der Waals surface area contributed by atoms with E-state index in [2.05, 4.69) is 9.88 Å². The van der Waals surface area contributed by atoms with Crippen molar-refractivity contribution in [3.05, 3.63) is 30.1 Å². The van der Waals surface area contributed by atoms with Crippen molar-refractivity contribution >= 4 is 18.3 Å². The predicted octanol–water partition coefficient (Wildman–Crippen LogP) is 1.13. The van der Waals surface area contributed by atoms with Crippen LogP contribution in [0.3, 0.4) is 0 Å². The molecule has 1 fully saturated rings. The van der Waals surface area contributed by atoms with Crippen LogP contribution in [0, 0.1) is 5.92 Å². The van der Waals surface area contributed by atoms with E-state index in [-0.39, 0.29) is 30.3 Å². The van der Waals surface area contributed by atoms with Crippen molar-refractivity contribution in [2.75, 3.05) is 26.2 Å². The Hall–Kier alpha value is -1.17. The number of hydrogen-bond donors (Lipinski definition) is 1. The van der Waals surface area contributed by atoms with Crippen LogP contribution in [0.15, 0.2) is 24.5 Å². The molecule has 1 atom stereocenters. The molecule has 1 aromatic rings. The molecule has 5 nitrogen and oxygen atoms in total. The zero-order valence-corrected chi connectivity index (χ0v) is 13.6. The van der Waals surface area contributed by atoms with Crippen LogP contribution >= 0.6 is 12.4 Å². The first kappa shape index (κ1) is 17.9. The van der Waals surface area contributed by atoms with Crippen LogP contribution in [0.1, 0.15) is 19.4 Å². The summed E-state index contributed by atoms with van der Waals surface area (Å²) in [4.78, 5) is 20.5. The van der Waals surface area contributed by atoms with Crippen LogP contribution < -0.4 is 5.73 Å².